The van der Waals surface area contributed by atoms with Gasteiger partial charge in [0.25, 0.3) is 0 Å². The van der Waals surface area contributed by atoms with Gasteiger partial charge in [-0.1, -0.05) is 12.1 Å². The standard InChI is InChI=1S/C20H21N3O4S/c1-23-18(13-27-17-10-8-16(26-3)9-11-17)21-22-20(23)28-19(24)12-14-4-6-15(25-2)7-5-14/h4-11H,12-13H2,1-3H3. The van der Waals surface area contributed by atoms with Crippen molar-refractivity contribution in [3.63, 3.8) is 0 Å². The summed E-state index contributed by atoms with van der Waals surface area (Å²) in [4.78, 5) is 12.3. The minimum absolute atomic E-state index is 0.0108. The molecule has 1 heterocycles. The van der Waals surface area contributed by atoms with Gasteiger partial charge in [-0.05, 0) is 53.7 Å². The molecular weight excluding hydrogens is 378 g/mol. The van der Waals surface area contributed by atoms with Crippen LogP contribution in [-0.2, 0) is 24.9 Å². The van der Waals surface area contributed by atoms with E-state index in [4.69, 9.17) is 14.2 Å². The Labute approximate surface area is 167 Å². The van der Waals surface area contributed by atoms with Gasteiger partial charge in [0, 0.05) is 13.5 Å². The van der Waals surface area contributed by atoms with E-state index < -0.39 is 0 Å². The molecule has 0 radical (unpaired) electrons. The van der Waals surface area contributed by atoms with Gasteiger partial charge in [0.15, 0.2) is 11.0 Å². The van der Waals surface area contributed by atoms with Crippen LogP contribution in [0.4, 0.5) is 0 Å². The summed E-state index contributed by atoms with van der Waals surface area (Å²) in [5, 5.41) is 8.74. The second-order valence-corrected chi connectivity index (χ2v) is 6.95. The van der Waals surface area contributed by atoms with Crippen molar-refractivity contribution < 1.29 is 19.0 Å². The largest absolute Gasteiger partial charge is 0.497 e. The van der Waals surface area contributed by atoms with Crippen LogP contribution < -0.4 is 14.2 Å². The molecule has 0 spiro atoms. The van der Waals surface area contributed by atoms with Crippen molar-refractivity contribution in [1.29, 1.82) is 0 Å². The first-order chi connectivity index (χ1) is 13.6. The Hall–Kier alpha value is -3.00. The van der Waals surface area contributed by atoms with Gasteiger partial charge in [0.2, 0.25) is 5.12 Å². The highest BCUT2D eigenvalue weighted by Crippen LogP contribution is 2.22. The van der Waals surface area contributed by atoms with Gasteiger partial charge in [-0.2, -0.15) is 0 Å². The van der Waals surface area contributed by atoms with E-state index in [9.17, 15) is 4.79 Å². The summed E-state index contributed by atoms with van der Waals surface area (Å²) in [6.07, 6.45) is 0.305. The third kappa shape index (κ3) is 5.04. The van der Waals surface area contributed by atoms with Crippen molar-refractivity contribution in [2.75, 3.05) is 14.2 Å². The highest BCUT2D eigenvalue weighted by molar-refractivity contribution is 8.13. The molecule has 3 rings (SSSR count). The van der Waals surface area contributed by atoms with Crippen LogP contribution in [0, 0.1) is 0 Å². The Morgan fingerprint density at radius 2 is 1.50 bits per heavy atom. The van der Waals surface area contributed by atoms with Crippen LogP contribution in [0.15, 0.2) is 53.7 Å². The Balaban J connectivity index is 1.56. The molecule has 0 aliphatic rings. The SMILES string of the molecule is COc1ccc(CC(=O)Sc2nnc(COc3ccc(OC)cc3)n2C)cc1. The summed E-state index contributed by atoms with van der Waals surface area (Å²) in [5.41, 5.74) is 0.920. The van der Waals surface area contributed by atoms with Crippen LogP contribution in [-0.4, -0.2) is 34.1 Å². The van der Waals surface area contributed by atoms with Gasteiger partial charge in [0.05, 0.1) is 14.2 Å². The molecule has 0 aliphatic heterocycles. The minimum atomic E-state index is -0.0108. The lowest BCUT2D eigenvalue weighted by atomic mass is 10.2. The first-order valence-electron chi connectivity index (χ1n) is 8.57. The Kier molecular flexibility index (Phi) is 6.54. The number of hydrogen-bond donors (Lipinski definition) is 0. The van der Waals surface area contributed by atoms with Gasteiger partial charge in [0.1, 0.15) is 23.9 Å². The smallest absolute Gasteiger partial charge is 0.201 e. The highest BCUT2D eigenvalue weighted by Gasteiger charge is 2.15. The number of hydrogen-bond acceptors (Lipinski definition) is 7. The molecule has 0 bridgehead atoms. The average Bonchev–Trinajstić information content (AvgIpc) is 3.06. The molecule has 2 aromatic carbocycles. The van der Waals surface area contributed by atoms with E-state index >= 15 is 0 Å². The van der Waals surface area contributed by atoms with Gasteiger partial charge < -0.3 is 18.8 Å². The fourth-order valence-corrected chi connectivity index (χ4v) is 3.19. The Bertz CT molecular complexity index is 924. The number of ether oxygens (including phenoxy) is 3. The predicted octanol–water partition coefficient (Wildman–Crippen LogP) is 3.27. The van der Waals surface area contributed by atoms with E-state index in [1.165, 1.54) is 0 Å². The lowest BCUT2D eigenvalue weighted by molar-refractivity contribution is -0.110. The molecule has 0 saturated carbocycles. The second kappa shape index (κ2) is 9.27. The fourth-order valence-electron chi connectivity index (χ4n) is 2.43. The summed E-state index contributed by atoms with van der Waals surface area (Å²) in [7, 11) is 5.04. The lowest BCUT2D eigenvalue weighted by Crippen LogP contribution is -2.05. The minimum Gasteiger partial charge on any atom is -0.497 e. The van der Waals surface area contributed by atoms with Gasteiger partial charge in [-0.3, -0.25) is 4.79 Å². The third-order valence-corrected chi connectivity index (χ3v) is 4.98. The van der Waals surface area contributed by atoms with Crippen molar-refractivity contribution in [3.8, 4) is 17.2 Å². The van der Waals surface area contributed by atoms with Crippen molar-refractivity contribution in [2.24, 2.45) is 7.05 Å². The van der Waals surface area contributed by atoms with Crippen LogP contribution in [0.2, 0.25) is 0 Å². The summed E-state index contributed by atoms with van der Waals surface area (Å²) >= 11 is 1.07. The quantitative estimate of drug-likeness (QED) is 0.538. The zero-order valence-corrected chi connectivity index (χ0v) is 16.7. The summed E-state index contributed by atoms with van der Waals surface area (Å²) in [6.45, 7) is 0.253. The van der Waals surface area contributed by atoms with E-state index in [1.54, 1.807) is 18.8 Å². The summed E-state index contributed by atoms with van der Waals surface area (Å²) in [6, 6.07) is 14.7. The topological polar surface area (TPSA) is 75.5 Å². The van der Waals surface area contributed by atoms with E-state index in [0.717, 1.165) is 28.8 Å². The van der Waals surface area contributed by atoms with Crippen molar-refractivity contribution in [1.82, 2.24) is 14.8 Å². The number of aromatic nitrogens is 3. The monoisotopic (exact) mass is 399 g/mol. The molecule has 146 valence electrons. The van der Waals surface area contributed by atoms with Gasteiger partial charge in [-0.15, -0.1) is 10.2 Å². The number of methoxy groups -OCH3 is 2. The molecule has 0 fully saturated rings. The van der Waals surface area contributed by atoms with Crippen molar-refractivity contribution in [3.05, 3.63) is 59.9 Å². The van der Waals surface area contributed by atoms with Crippen LogP contribution in [0.1, 0.15) is 11.4 Å². The van der Waals surface area contributed by atoms with E-state index in [0.29, 0.717) is 23.2 Å². The first-order valence-corrected chi connectivity index (χ1v) is 9.39. The molecule has 0 unspecified atom stereocenters. The first kappa shape index (κ1) is 19.8. The Morgan fingerprint density at radius 1 is 0.929 bits per heavy atom. The number of thioether (sulfide) groups is 1. The maximum Gasteiger partial charge on any atom is 0.201 e. The molecule has 8 heteroatoms. The maximum absolute atomic E-state index is 12.3. The molecule has 28 heavy (non-hydrogen) atoms. The fraction of sp³-hybridized carbons (Fsp3) is 0.250. The highest BCUT2D eigenvalue weighted by atomic mass is 32.2. The molecule has 1 aromatic heterocycles. The lowest BCUT2D eigenvalue weighted by Gasteiger charge is -2.07. The van der Waals surface area contributed by atoms with Crippen LogP contribution in [0.3, 0.4) is 0 Å². The second-order valence-electron chi connectivity index (χ2n) is 5.92. The summed E-state index contributed by atoms with van der Waals surface area (Å²) < 4.78 is 17.7. The van der Waals surface area contributed by atoms with E-state index in [2.05, 4.69) is 10.2 Å². The molecule has 7 nitrogen and oxygen atoms in total. The maximum atomic E-state index is 12.3. The number of nitrogens with zero attached hydrogens (tertiary/aromatic N) is 3. The third-order valence-electron chi connectivity index (χ3n) is 4.07. The zero-order valence-electron chi connectivity index (χ0n) is 15.9. The Morgan fingerprint density at radius 3 is 2.11 bits per heavy atom. The number of carbonyl (C=O) groups is 1. The van der Waals surface area contributed by atoms with Crippen molar-refractivity contribution in [2.45, 2.75) is 18.2 Å². The predicted molar refractivity (Wildman–Crippen MR) is 106 cm³/mol. The molecular formula is C20H21N3O4S. The molecule has 0 amide bonds. The number of benzene rings is 2. The van der Waals surface area contributed by atoms with Crippen LogP contribution >= 0.6 is 11.8 Å². The average molecular weight is 399 g/mol. The van der Waals surface area contributed by atoms with Gasteiger partial charge >= 0.3 is 0 Å². The number of rotatable bonds is 8. The van der Waals surface area contributed by atoms with Crippen LogP contribution in [0.5, 0.6) is 17.2 Å². The zero-order chi connectivity index (χ0) is 19.9. The van der Waals surface area contributed by atoms with Gasteiger partial charge in [-0.25, -0.2) is 0 Å². The summed E-state index contributed by atoms with van der Waals surface area (Å²) in [5.74, 6) is 2.86. The molecule has 0 saturated heterocycles. The molecule has 0 aliphatic carbocycles. The number of carbonyl (C=O) groups excluding carboxylic acids is 1. The van der Waals surface area contributed by atoms with Crippen LogP contribution in [0.25, 0.3) is 0 Å². The van der Waals surface area contributed by atoms with E-state index in [1.807, 2.05) is 55.6 Å². The van der Waals surface area contributed by atoms with Crippen molar-refractivity contribution >= 4 is 16.9 Å². The normalized spacial score (nSPS) is 10.5. The molecule has 3 aromatic rings. The molecule has 0 atom stereocenters. The molecule has 0 N–H and O–H groups in total. The van der Waals surface area contributed by atoms with E-state index in [-0.39, 0.29) is 11.7 Å².